The summed E-state index contributed by atoms with van der Waals surface area (Å²) < 4.78 is 40.8. The SMILES string of the molecule is CN(CCOc1ccc(F)cc1)C(=O)c1ccc(CS(C)(=O)=O)cc1. The summed E-state index contributed by atoms with van der Waals surface area (Å²) in [5.41, 5.74) is 1.11. The smallest absolute Gasteiger partial charge is 0.253 e. The van der Waals surface area contributed by atoms with Crippen molar-refractivity contribution in [1.29, 1.82) is 0 Å². The van der Waals surface area contributed by atoms with E-state index in [4.69, 9.17) is 4.74 Å². The van der Waals surface area contributed by atoms with Gasteiger partial charge in [0, 0.05) is 18.9 Å². The number of benzene rings is 2. The number of rotatable bonds is 7. The Hall–Kier alpha value is -2.41. The maximum atomic E-state index is 12.8. The second kappa shape index (κ2) is 8.11. The first-order valence-corrected chi connectivity index (χ1v) is 9.71. The van der Waals surface area contributed by atoms with Gasteiger partial charge in [0.15, 0.2) is 9.84 Å². The first-order valence-electron chi connectivity index (χ1n) is 7.65. The summed E-state index contributed by atoms with van der Waals surface area (Å²) in [5.74, 6) is -0.0389. The number of halogens is 1. The molecular formula is C18H20FNO4S. The van der Waals surface area contributed by atoms with E-state index >= 15 is 0 Å². The average Bonchev–Trinajstić information content (AvgIpc) is 2.55. The summed E-state index contributed by atoms with van der Waals surface area (Å²) >= 11 is 0. The summed E-state index contributed by atoms with van der Waals surface area (Å²) in [7, 11) is -1.45. The lowest BCUT2D eigenvalue weighted by Gasteiger charge is -2.17. The Morgan fingerprint density at radius 2 is 1.68 bits per heavy atom. The second-order valence-corrected chi connectivity index (χ2v) is 7.94. The minimum Gasteiger partial charge on any atom is -0.492 e. The maximum absolute atomic E-state index is 12.8. The van der Waals surface area contributed by atoms with Crippen LogP contribution in [0.15, 0.2) is 48.5 Å². The molecule has 0 bridgehead atoms. The molecule has 0 saturated heterocycles. The summed E-state index contributed by atoms with van der Waals surface area (Å²) in [5, 5.41) is 0. The van der Waals surface area contributed by atoms with Crippen molar-refractivity contribution in [2.75, 3.05) is 26.5 Å². The Kier molecular flexibility index (Phi) is 6.14. The van der Waals surface area contributed by atoms with Crippen molar-refractivity contribution in [3.8, 4) is 5.75 Å². The monoisotopic (exact) mass is 365 g/mol. The second-order valence-electron chi connectivity index (χ2n) is 5.80. The van der Waals surface area contributed by atoms with Gasteiger partial charge in [-0.3, -0.25) is 4.79 Å². The Bertz CT molecular complexity index is 817. The number of carbonyl (C=O) groups is 1. The van der Waals surface area contributed by atoms with Crippen LogP contribution >= 0.6 is 0 Å². The molecule has 7 heteroatoms. The molecule has 0 aliphatic heterocycles. The van der Waals surface area contributed by atoms with E-state index in [9.17, 15) is 17.6 Å². The Balaban J connectivity index is 1.87. The molecule has 0 saturated carbocycles. The lowest BCUT2D eigenvalue weighted by atomic mass is 10.1. The molecule has 0 radical (unpaired) electrons. The van der Waals surface area contributed by atoms with E-state index in [1.165, 1.54) is 35.4 Å². The Morgan fingerprint density at radius 1 is 1.08 bits per heavy atom. The van der Waals surface area contributed by atoms with Gasteiger partial charge in [-0.25, -0.2) is 12.8 Å². The van der Waals surface area contributed by atoms with Crippen LogP contribution in [0.4, 0.5) is 4.39 Å². The zero-order valence-corrected chi connectivity index (χ0v) is 14.9. The van der Waals surface area contributed by atoms with Gasteiger partial charge >= 0.3 is 0 Å². The lowest BCUT2D eigenvalue weighted by Crippen LogP contribution is -2.30. The third-order valence-corrected chi connectivity index (χ3v) is 4.34. The van der Waals surface area contributed by atoms with Crippen molar-refractivity contribution in [3.05, 3.63) is 65.5 Å². The molecule has 0 atom stereocenters. The standard InChI is InChI=1S/C18H20FNO4S/c1-20(11-12-24-17-9-7-16(19)8-10-17)18(21)15-5-3-14(4-6-15)13-25(2,22)23/h3-10H,11-13H2,1-2H3. The summed E-state index contributed by atoms with van der Waals surface area (Å²) in [6.45, 7) is 0.640. The normalized spacial score (nSPS) is 11.2. The van der Waals surface area contributed by atoms with Crippen molar-refractivity contribution < 1.29 is 22.3 Å². The molecule has 0 fully saturated rings. The van der Waals surface area contributed by atoms with Crippen LogP contribution in [-0.2, 0) is 15.6 Å². The fourth-order valence-electron chi connectivity index (χ4n) is 2.20. The number of hydrogen-bond acceptors (Lipinski definition) is 4. The summed E-state index contributed by atoms with van der Waals surface area (Å²) in [6, 6.07) is 12.2. The molecule has 0 spiro atoms. The zero-order chi connectivity index (χ0) is 18.4. The van der Waals surface area contributed by atoms with Crippen molar-refractivity contribution in [1.82, 2.24) is 4.90 Å². The highest BCUT2D eigenvalue weighted by Gasteiger charge is 2.12. The fourth-order valence-corrected chi connectivity index (χ4v) is 3.00. The van der Waals surface area contributed by atoms with Crippen LogP contribution in [0, 0.1) is 5.82 Å². The summed E-state index contributed by atoms with van der Waals surface area (Å²) in [6.07, 6.45) is 1.17. The van der Waals surface area contributed by atoms with Gasteiger partial charge in [0.2, 0.25) is 0 Å². The molecule has 0 aliphatic carbocycles. The number of sulfone groups is 1. The van der Waals surface area contributed by atoms with E-state index < -0.39 is 9.84 Å². The van der Waals surface area contributed by atoms with Gasteiger partial charge in [-0.15, -0.1) is 0 Å². The van der Waals surface area contributed by atoms with E-state index in [0.717, 1.165) is 0 Å². The van der Waals surface area contributed by atoms with Crippen LogP contribution in [0.25, 0.3) is 0 Å². The Labute approximate surface area is 147 Å². The van der Waals surface area contributed by atoms with Gasteiger partial charge < -0.3 is 9.64 Å². The van der Waals surface area contributed by atoms with Crippen molar-refractivity contribution in [3.63, 3.8) is 0 Å². The van der Waals surface area contributed by atoms with Gasteiger partial charge in [0.05, 0.1) is 12.3 Å². The first kappa shape index (κ1) is 18.9. The van der Waals surface area contributed by atoms with Crippen LogP contribution in [0.3, 0.4) is 0 Å². The van der Waals surface area contributed by atoms with E-state index in [-0.39, 0.29) is 24.1 Å². The Morgan fingerprint density at radius 3 is 2.24 bits per heavy atom. The van der Waals surface area contributed by atoms with E-state index in [1.807, 2.05) is 0 Å². The lowest BCUT2D eigenvalue weighted by molar-refractivity contribution is 0.0774. The van der Waals surface area contributed by atoms with Crippen molar-refractivity contribution in [2.45, 2.75) is 5.75 Å². The minimum absolute atomic E-state index is 0.0528. The molecule has 2 aromatic rings. The van der Waals surface area contributed by atoms with E-state index in [1.54, 1.807) is 31.3 Å². The van der Waals surface area contributed by atoms with Crippen LogP contribution in [0.5, 0.6) is 5.75 Å². The van der Waals surface area contributed by atoms with Crippen LogP contribution in [0.2, 0.25) is 0 Å². The molecule has 2 aromatic carbocycles. The quantitative estimate of drug-likeness (QED) is 0.756. The largest absolute Gasteiger partial charge is 0.492 e. The first-order chi connectivity index (χ1) is 11.7. The highest BCUT2D eigenvalue weighted by molar-refractivity contribution is 7.89. The van der Waals surface area contributed by atoms with Crippen LogP contribution in [0.1, 0.15) is 15.9 Å². The highest BCUT2D eigenvalue weighted by Crippen LogP contribution is 2.12. The fraction of sp³-hybridized carbons (Fsp3) is 0.278. The van der Waals surface area contributed by atoms with Crippen LogP contribution < -0.4 is 4.74 Å². The number of carbonyl (C=O) groups excluding carboxylic acids is 1. The number of ether oxygens (including phenoxy) is 1. The highest BCUT2D eigenvalue weighted by atomic mass is 32.2. The van der Waals surface area contributed by atoms with E-state index in [0.29, 0.717) is 23.4 Å². The molecule has 25 heavy (non-hydrogen) atoms. The third kappa shape index (κ3) is 6.19. The van der Waals surface area contributed by atoms with Crippen molar-refractivity contribution in [2.24, 2.45) is 0 Å². The maximum Gasteiger partial charge on any atom is 0.253 e. The molecule has 0 unspecified atom stereocenters. The number of likely N-dealkylation sites (N-methyl/N-ethyl adjacent to an activating group) is 1. The van der Waals surface area contributed by atoms with Gasteiger partial charge in [0.1, 0.15) is 18.2 Å². The molecule has 2 rings (SSSR count). The summed E-state index contributed by atoms with van der Waals surface area (Å²) in [4.78, 5) is 13.8. The van der Waals surface area contributed by atoms with Gasteiger partial charge in [-0.05, 0) is 42.0 Å². The van der Waals surface area contributed by atoms with Gasteiger partial charge in [-0.1, -0.05) is 12.1 Å². The predicted octanol–water partition coefficient (Wildman–Crippen LogP) is 2.52. The molecule has 0 heterocycles. The van der Waals surface area contributed by atoms with Gasteiger partial charge in [0.25, 0.3) is 5.91 Å². The molecule has 5 nitrogen and oxygen atoms in total. The third-order valence-electron chi connectivity index (χ3n) is 3.49. The number of nitrogens with zero attached hydrogens (tertiary/aromatic N) is 1. The molecule has 0 aromatic heterocycles. The number of hydrogen-bond donors (Lipinski definition) is 0. The molecule has 1 amide bonds. The molecule has 0 N–H and O–H groups in total. The molecule has 134 valence electrons. The van der Waals surface area contributed by atoms with E-state index in [2.05, 4.69) is 0 Å². The van der Waals surface area contributed by atoms with Crippen molar-refractivity contribution >= 4 is 15.7 Å². The minimum atomic E-state index is -3.10. The van der Waals surface area contributed by atoms with Crippen LogP contribution in [-0.4, -0.2) is 45.7 Å². The molecular weight excluding hydrogens is 345 g/mol. The van der Waals surface area contributed by atoms with Gasteiger partial charge in [-0.2, -0.15) is 0 Å². The zero-order valence-electron chi connectivity index (χ0n) is 14.1. The number of amides is 1. The average molecular weight is 365 g/mol. The predicted molar refractivity (Wildman–Crippen MR) is 93.8 cm³/mol. The topological polar surface area (TPSA) is 63.7 Å². The molecule has 0 aliphatic rings.